The van der Waals surface area contributed by atoms with E-state index in [2.05, 4.69) is 32.7 Å². The monoisotopic (exact) mass is 346 g/mol. The SMILES string of the molecule is CN=C(NCCc1ccc(Cl)nc1)NCc1ccc(C)cc1OC. The molecule has 128 valence electrons. The second kappa shape index (κ2) is 9.13. The molecule has 2 N–H and O–H groups in total. The molecular weight excluding hydrogens is 324 g/mol. The first-order valence-electron chi connectivity index (χ1n) is 7.81. The summed E-state index contributed by atoms with van der Waals surface area (Å²) in [6.07, 6.45) is 2.64. The lowest BCUT2D eigenvalue weighted by Crippen LogP contribution is -2.37. The van der Waals surface area contributed by atoms with Gasteiger partial charge in [-0.3, -0.25) is 4.99 Å². The molecule has 0 aliphatic heterocycles. The number of hydrogen-bond donors (Lipinski definition) is 2. The van der Waals surface area contributed by atoms with Crippen LogP contribution in [0.4, 0.5) is 0 Å². The number of guanidine groups is 1. The van der Waals surface area contributed by atoms with Crippen molar-refractivity contribution in [2.24, 2.45) is 4.99 Å². The van der Waals surface area contributed by atoms with Gasteiger partial charge in [-0.2, -0.15) is 0 Å². The predicted molar refractivity (Wildman–Crippen MR) is 98.9 cm³/mol. The first-order chi connectivity index (χ1) is 11.6. The van der Waals surface area contributed by atoms with Gasteiger partial charge in [0.2, 0.25) is 0 Å². The van der Waals surface area contributed by atoms with Gasteiger partial charge in [-0.15, -0.1) is 0 Å². The summed E-state index contributed by atoms with van der Waals surface area (Å²) < 4.78 is 5.42. The molecule has 2 aromatic rings. The molecule has 2 rings (SSSR count). The maximum absolute atomic E-state index is 5.79. The standard InChI is InChI=1S/C18H23ClN4O/c1-13-4-6-15(16(10-13)24-3)12-23-18(20-2)21-9-8-14-5-7-17(19)22-11-14/h4-7,10-11H,8-9,12H2,1-3H3,(H2,20,21,23). The zero-order chi connectivity index (χ0) is 17.4. The average molecular weight is 347 g/mol. The molecule has 0 fully saturated rings. The van der Waals surface area contributed by atoms with Crippen LogP contribution in [0.25, 0.3) is 0 Å². The Hall–Kier alpha value is -2.27. The van der Waals surface area contributed by atoms with E-state index in [9.17, 15) is 0 Å². The predicted octanol–water partition coefficient (Wildman–Crippen LogP) is 2.96. The Kier molecular flexibility index (Phi) is 6.88. The first-order valence-corrected chi connectivity index (χ1v) is 8.18. The van der Waals surface area contributed by atoms with E-state index < -0.39 is 0 Å². The molecule has 1 aromatic carbocycles. The first kappa shape index (κ1) is 18.1. The number of pyridine rings is 1. The number of nitrogens with one attached hydrogen (secondary N) is 2. The number of aryl methyl sites for hydroxylation is 1. The van der Waals surface area contributed by atoms with Crippen molar-refractivity contribution in [1.29, 1.82) is 0 Å². The fourth-order valence-corrected chi connectivity index (χ4v) is 2.39. The summed E-state index contributed by atoms with van der Waals surface area (Å²) in [5.41, 5.74) is 3.39. The summed E-state index contributed by atoms with van der Waals surface area (Å²) >= 11 is 5.79. The van der Waals surface area contributed by atoms with E-state index in [1.54, 1.807) is 26.4 Å². The molecule has 0 aliphatic carbocycles. The van der Waals surface area contributed by atoms with Crippen molar-refractivity contribution in [3.8, 4) is 5.75 Å². The molecule has 24 heavy (non-hydrogen) atoms. The van der Waals surface area contributed by atoms with Gasteiger partial charge >= 0.3 is 0 Å². The number of halogens is 1. The van der Waals surface area contributed by atoms with E-state index in [1.807, 2.05) is 19.1 Å². The highest BCUT2D eigenvalue weighted by Crippen LogP contribution is 2.19. The summed E-state index contributed by atoms with van der Waals surface area (Å²) in [4.78, 5) is 8.32. The van der Waals surface area contributed by atoms with Gasteiger partial charge in [0.05, 0.1) is 7.11 Å². The van der Waals surface area contributed by atoms with Gasteiger partial charge in [-0.05, 0) is 36.6 Å². The number of rotatable bonds is 6. The third-order valence-corrected chi connectivity index (χ3v) is 3.83. The van der Waals surface area contributed by atoms with Crippen LogP contribution in [0.3, 0.4) is 0 Å². The highest BCUT2D eigenvalue weighted by Gasteiger charge is 2.04. The molecular formula is C18H23ClN4O. The average Bonchev–Trinajstić information content (AvgIpc) is 2.60. The lowest BCUT2D eigenvalue weighted by atomic mass is 10.1. The Morgan fingerprint density at radius 3 is 2.75 bits per heavy atom. The normalized spacial score (nSPS) is 11.2. The number of methoxy groups -OCH3 is 1. The molecule has 0 spiro atoms. The molecule has 6 heteroatoms. The Labute approximate surface area is 148 Å². The van der Waals surface area contributed by atoms with Crippen molar-refractivity contribution in [2.45, 2.75) is 19.9 Å². The van der Waals surface area contributed by atoms with Crippen molar-refractivity contribution in [2.75, 3.05) is 20.7 Å². The number of hydrogen-bond acceptors (Lipinski definition) is 3. The largest absolute Gasteiger partial charge is 0.496 e. The van der Waals surface area contributed by atoms with E-state index in [-0.39, 0.29) is 0 Å². The Bertz CT molecular complexity index is 686. The summed E-state index contributed by atoms with van der Waals surface area (Å²) in [6, 6.07) is 9.94. The fraction of sp³-hybridized carbons (Fsp3) is 0.333. The van der Waals surface area contributed by atoms with Crippen LogP contribution in [-0.4, -0.2) is 31.6 Å². The quantitative estimate of drug-likeness (QED) is 0.479. The van der Waals surface area contributed by atoms with Crippen LogP contribution in [0.1, 0.15) is 16.7 Å². The van der Waals surface area contributed by atoms with Crippen LogP contribution < -0.4 is 15.4 Å². The number of aliphatic imine (C=N–C) groups is 1. The molecule has 0 saturated carbocycles. The van der Waals surface area contributed by atoms with Crippen molar-refractivity contribution in [3.05, 3.63) is 58.4 Å². The molecule has 0 aliphatic rings. The summed E-state index contributed by atoms with van der Waals surface area (Å²) in [5.74, 6) is 1.63. The molecule has 5 nitrogen and oxygen atoms in total. The van der Waals surface area contributed by atoms with Gasteiger partial charge < -0.3 is 15.4 Å². The van der Waals surface area contributed by atoms with Crippen LogP contribution >= 0.6 is 11.6 Å². The molecule has 0 atom stereocenters. The van der Waals surface area contributed by atoms with E-state index in [1.165, 1.54) is 5.56 Å². The van der Waals surface area contributed by atoms with E-state index in [0.717, 1.165) is 35.8 Å². The number of aromatic nitrogens is 1. The van der Waals surface area contributed by atoms with Crippen molar-refractivity contribution in [1.82, 2.24) is 15.6 Å². The summed E-state index contributed by atoms with van der Waals surface area (Å²) in [5, 5.41) is 7.10. The van der Waals surface area contributed by atoms with Crippen LogP contribution in [-0.2, 0) is 13.0 Å². The van der Waals surface area contributed by atoms with E-state index in [0.29, 0.717) is 11.7 Å². The highest BCUT2D eigenvalue weighted by molar-refractivity contribution is 6.29. The maximum atomic E-state index is 5.79. The minimum Gasteiger partial charge on any atom is -0.496 e. The zero-order valence-corrected chi connectivity index (χ0v) is 15.0. The van der Waals surface area contributed by atoms with Gasteiger partial charge in [-0.25, -0.2) is 4.98 Å². The molecule has 1 aromatic heterocycles. The molecule has 0 unspecified atom stereocenters. The highest BCUT2D eigenvalue weighted by atomic mass is 35.5. The fourth-order valence-electron chi connectivity index (χ4n) is 2.28. The van der Waals surface area contributed by atoms with E-state index in [4.69, 9.17) is 16.3 Å². The zero-order valence-electron chi connectivity index (χ0n) is 14.3. The minimum absolute atomic E-state index is 0.510. The lowest BCUT2D eigenvalue weighted by Gasteiger charge is -2.14. The van der Waals surface area contributed by atoms with Gasteiger partial charge in [0.25, 0.3) is 0 Å². The third kappa shape index (κ3) is 5.42. The topological polar surface area (TPSA) is 58.5 Å². The molecule has 0 radical (unpaired) electrons. The van der Waals surface area contributed by atoms with Crippen molar-refractivity contribution >= 4 is 17.6 Å². The molecule has 0 bridgehead atoms. The summed E-state index contributed by atoms with van der Waals surface area (Å²) in [6.45, 7) is 3.45. The van der Waals surface area contributed by atoms with Crippen molar-refractivity contribution in [3.63, 3.8) is 0 Å². The Morgan fingerprint density at radius 2 is 2.08 bits per heavy atom. The summed E-state index contributed by atoms with van der Waals surface area (Å²) in [7, 11) is 3.44. The van der Waals surface area contributed by atoms with Crippen LogP contribution in [0.15, 0.2) is 41.5 Å². The molecule has 0 saturated heterocycles. The van der Waals surface area contributed by atoms with Gasteiger partial charge in [0.1, 0.15) is 10.9 Å². The second-order valence-corrected chi connectivity index (χ2v) is 5.79. The second-order valence-electron chi connectivity index (χ2n) is 5.41. The van der Waals surface area contributed by atoms with E-state index >= 15 is 0 Å². The van der Waals surface area contributed by atoms with Crippen LogP contribution in [0, 0.1) is 6.92 Å². The molecule has 0 amide bonds. The van der Waals surface area contributed by atoms with Gasteiger partial charge in [0.15, 0.2) is 5.96 Å². The number of ether oxygens (including phenoxy) is 1. The number of benzene rings is 1. The van der Waals surface area contributed by atoms with Crippen LogP contribution in [0.2, 0.25) is 5.15 Å². The molecule has 1 heterocycles. The van der Waals surface area contributed by atoms with Gasteiger partial charge in [0, 0.05) is 31.9 Å². The minimum atomic E-state index is 0.510. The smallest absolute Gasteiger partial charge is 0.191 e. The Morgan fingerprint density at radius 1 is 1.25 bits per heavy atom. The third-order valence-electron chi connectivity index (χ3n) is 3.61. The Balaban J connectivity index is 1.83. The lowest BCUT2D eigenvalue weighted by molar-refractivity contribution is 0.408. The maximum Gasteiger partial charge on any atom is 0.191 e. The van der Waals surface area contributed by atoms with Crippen molar-refractivity contribution < 1.29 is 4.74 Å². The van der Waals surface area contributed by atoms with Crippen LogP contribution in [0.5, 0.6) is 5.75 Å². The van der Waals surface area contributed by atoms with Gasteiger partial charge in [-0.1, -0.05) is 29.8 Å². The number of nitrogens with zero attached hydrogens (tertiary/aromatic N) is 2.